The summed E-state index contributed by atoms with van der Waals surface area (Å²) in [7, 11) is 1.60. The Hall–Kier alpha value is -3.49. The van der Waals surface area contributed by atoms with E-state index in [2.05, 4.69) is 15.4 Å². The van der Waals surface area contributed by atoms with Crippen LogP contribution in [0.1, 0.15) is 16.2 Å². The molecule has 0 radical (unpaired) electrons. The Labute approximate surface area is 186 Å². The SMILES string of the molecule is COc1ccc(-c2csc(NC(=O)c3nn(-c4ccc(Cl)cc4)c(C)cc3=O)n2)cc1. The van der Waals surface area contributed by atoms with E-state index in [1.807, 2.05) is 29.6 Å². The van der Waals surface area contributed by atoms with Gasteiger partial charge in [-0.25, -0.2) is 9.67 Å². The van der Waals surface area contributed by atoms with Crippen molar-refractivity contribution in [3.63, 3.8) is 0 Å². The lowest BCUT2D eigenvalue weighted by Gasteiger charge is -2.11. The van der Waals surface area contributed by atoms with E-state index in [0.717, 1.165) is 11.3 Å². The topological polar surface area (TPSA) is 86.1 Å². The summed E-state index contributed by atoms with van der Waals surface area (Å²) in [5.41, 5.74) is 2.19. The molecule has 31 heavy (non-hydrogen) atoms. The molecule has 4 rings (SSSR count). The zero-order valence-electron chi connectivity index (χ0n) is 16.6. The summed E-state index contributed by atoms with van der Waals surface area (Å²) in [5, 5.41) is 9.71. The smallest absolute Gasteiger partial charge is 0.281 e. The van der Waals surface area contributed by atoms with Gasteiger partial charge in [0.1, 0.15) is 5.75 Å². The molecule has 0 aliphatic rings. The van der Waals surface area contributed by atoms with Crippen LogP contribution in [0.2, 0.25) is 5.02 Å². The predicted molar refractivity (Wildman–Crippen MR) is 122 cm³/mol. The molecule has 4 aromatic rings. The normalized spacial score (nSPS) is 10.7. The van der Waals surface area contributed by atoms with Crippen molar-refractivity contribution in [2.75, 3.05) is 12.4 Å². The van der Waals surface area contributed by atoms with Gasteiger partial charge in [0.15, 0.2) is 10.8 Å². The monoisotopic (exact) mass is 452 g/mol. The highest BCUT2D eigenvalue weighted by molar-refractivity contribution is 7.14. The maximum Gasteiger partial charge on any atom is 0.281 e. The molecule has 1 N–H and O–H groups in total. The first-order chi connectivity index (χ1) is 14.9. The number of aryl methyl sites for hydroxylation is 1. The highest BCUT2D eigenvalue weighted by Crippen LogP contribution is 2.26. The average Bonchev–Trinajstić information content (AvgIpc) is 3.23. The molecule has 2 aromatic carbocycles. The molecule has 0 saturated heterocycles. The van der Waals surface area contributed by atoms with E-state index < -0.39 is 11.3 Å². The summed E-state index contributed by atoms with van der Waals surface area (Å²) >= 11 is 7.20. The number of aromatic nitrogens is 3. The molecule has 0 aliphatic heterocycles. The number of rotatable bonds is 5. The average molecular weight is 453 g/mol. The Morgan fingerprint density at radius 3 is 2.52 bits per heavy atom. The van der Waals surface area contributed by atoms with Crippen LogP contribution in [-0.4, -0.2) is 27.8 Å². The van der Waals surface area contributed by atoms with E-state index in [0.29, 0.717) is 27.2 Å². The number of carbonyl (C=O) groups excluding carboxylic acids is 1. The van der Waals surface area contributed by atoms with Gasteiger partial charge < -0.3 is 4.74 Å². The molecule has 9 heteroatoms. The number of methoxy groups -OCH3 is 1. The van der Waals surface area contributed by atoms with E-state index in [1.54, 1.807) is 38.3 Å². The van der Waals surface area contributed by atoms with Gasteiger partial charge in [-0.2, -0.15) is 5.10 Å². The standard InChI is InChI=1S/C22H17ClN4O3S/c1-13-11-19(28)20(26-27(13)16-7-5-15(23)6-8-16)21(29)25-22-24-18(12-31-22)14-3-9-17(30-2)10-4-14/h3-12H,1-2H3,(H,24,25,29). The molecule has 0 spiro atoms. The first-order valence-electron chi connectivity index (χ1n) is 9.23. The number of hydrogen-bond donors (Lipinski definition) is 1. The Kier molecular flexibility index (Phi) is 5.83. The first-order valence-corrected chi connectivity index (χ1v) is 10.5. The Morgan fingerprint density at radius 2 is 1.84 bits per heavy atom. The fourth-order valence-electron chi connectivity index (χ4n) is 2.93. The van der Waals surface area contributed by atoms with Gasteiger partial charge in [0.2, 0.25) is 5.43 Å². The second kappa shape index (κ2) is 8.71. The van der Waals surface area contributed by atoms with Crippen LogP contribution in [0.5, 0.6) is 5.75 Å². The zero-order valence-corrected chi connectivity index (χ0v) is 18.2. The van der Waals surface area contributed by atoms with Gasteiger partial charge in [-0.05, 0) is 55.5 Å². The molecular weight excluding hydrogens is 436 g/mol. The van der Waals surface area contributed by atoms with Gasteiger partial charge in [0, 0.05) is 27.7 Å². The number of nitrogens with one attached hydrogen (secondary N) is 1. The Bertz CT molecular complexity index is 1300. The third-order valence-corrected chi connectivity index (χ3v) is 5.51. The fourth-order valence-corrected chi connectivity index (χ4v) is 3.77. The van der Waals surface area contributed by atoms with Gasteiger partial charge in [-0.1, -0.05) is 11.6 Å². The van der Waals surface area contributed by atoms with Crippen LogP contribution in [0.25, 0.3) is 16.9 Å². The summed E-state index contributed by atoms with van der Waals surface area (Å²) < 4.78 is 6.68. The quantitative estimate of drug-likeness (QED) is 0.479. The number of halogens is 1. The van der Waals surface area contributed by atoms with Crippen LogP contribution in [0.3, 0.4) is 0 Å². The van der Waals surface area contributed by atoms with Crippen LogP contribution in [0.15, 0.2) is 64.8 Å². The van der Waals surface area contributed by atoms with Crippen LogP contribution < -0.4 is 15.5 Å². The van der Waals surface area contributed by atoms with Crippen molar-refractivity contribution in [2.24, 2.45) is 0 Å². The summed E-state index contributed by atoms with van der Waals surface area (Å²) in [6.45, 7) is 1.74. The van der Waals surface area contributed by atoms with Crippen LogP contribution in [0, 0.1) is 6.92 Å². The van der Waals surface area contributed by atoms with E-state index in [4.69, 9.17) is 16.3 Å². The molecule has 0 unspecified atom stereocenters. The zero-order chi connectivity index (χ0) is 22.0. The summed E-state index contributed by atoms with van der Waals surface area (Å²) in [5.74, 6) is 0.123. The van der Waals surface area contributed by atoms with Crippen molar-refractivity contribution in [2.45, 2.75) is 6.92 Å². The fraction of sp³-hybridized carbons (Fsp3) is 0.0909. The number of carbonyl (C=O) groups is 1. The molecule has 2 aromatic heterocycles. The van der Waals surface area contributed by atoms with Gasteiger partial charge in [-0.15, -0.1) is 11.3 Å². The molecule has 156 valence electrons. The minimum Gasteiger partial charge on any atom is -0.497 e. The lowest BCUT2D eigenvalue weighted by Crippen LogP contribution is -2.26. The summed E-state index contributed by atoms with van der Waals surface area (Å²) in [6, 6.07) is 15.8. The highest BCUT2D eigenvalue weighted by atomic mass is 35.5. The van der Waals surface area contributed by atoms with Crippen molar-refractivity contribution in [3.8, 4) is 22.7 Å². The number of anilines is 1. The van der Waals surface area contributed by atoms with Gasteiger partial charge >= 0.3 is 0 Å². The van der Waals surface area contributed by atoms with Gasteiger partial charge in [0.25, 0.3) is 5.91 Å². The van der Waals surface area contributed by atoms with E-state index >= 15 is 0 Å². The number of ether oxygens (including phenoxy) is 1. The van der Waals surface area contributed by atoms with Crippen LogP contribution in [-0.2, 0) is 0 Å². The minimum atomic E-state index is -0.622. The molecule has 7 nitrogen and oxygen atoms in total. The molecular formula is C22H17ClN4O3S. The van der Waals surface area contributed by atoms with Gasteiger partial charge in [-0.3, -0.25) is 14.9 Å². The Morgan fingerprint density at radius 1 is 1.13 bits per heavy atom. The molecule has 1 amide bonds. The second-order valence-corrected chi connectivity index (χ2v) is 7.90. The molecule has 2 heterocycles. The summed E-state index contributed by atoms with van der Waals surface area (Å²) in [6.07, 6.45) is 0. The van der Waals surface area contributed by atoms with Crippen molar-refractivity contribution in [3.05, 3.63) is 86.6 Å². The first kappa shape index (κ1) is 20.8. The number of nitrogens with zero attached hydrogens (tertiary/aromatic N) is 3. The van der Waals surface area contributed by atoms with Crippen molar-refractivity contribution >= 4 is 34.0 Å². The van der Waals surface area contributed by atoms with Gasteiger partial charge in [0.05, 0.1) is 18.5 Å². The second-order valence-electron chi connectivity index (χ2n) is 6.61. The summed E-state index contributed by atoms with van der Waals surface area (Å²) in [4.78, 5) is 29.6. The van der Waals surface area contributed by atoms with Crippen molar-refractivity contribution < 1.29 is 9.53 Å². The largest absolute Gasteiger partial charge is 0.497 e. The number of thiazole rings is 1. The molecule has 0 bridgehead atoms. The third-order valence-electron chi connectivity index (χ3n) is 4.50. The van der Waals surface area contributed by atoms with Crippen molar-refractivity contribution in [1.82, 2.24) is 14.8 Å². The third kappa shape index (κ3) is 4.50. The lowest BCUT2D eigenvalue weighted by molar-refractivity contribution is 0.101. The maximum absolute atomic E-state index is 12.8. The van der Waals surface area contributed by atoms with Crippen molar-refractivity contribution in [1.29, 1.82) is 0 Å². The molecule has 0 atom stereocenters. The van der Waals surface area contributed by atoms with E-state index in [9.17, 15) is 9.59 Å². The molecule has 0 fully saturated rings. The molecule has 0 aliphatic carbocycles. The maximum atomic E-state index is 12.8. The van der Waals surface area contributed by atoms with E-state index in [-0.39, 0.29) is 5.69 Å². The predicted octanol–water partition coefficient (Wildman–Crippen LogP) is 4.58. The number of amides is 1. The number of benzene rings is 2. The van der Waals surface area contributed by atoms with Crippen LogP contribution >= 0.6 is 22.9 Å². The number of hydrogen-bond acceptors (Lipinski definition) is 6. The Balaban J connectivity index is 1.59. The van der Waals surface area contributed by atoms with E-state index in [1.165, 1.54) is 22.1 Å². The molecule has 0 saturated carbocycles. The van der Waals surface area contributed by atoms with Crippen LogP contribution in [0.4, 0.5) is 5.13 Å². The highest BCUT2D eigenvalue weighted by Gasteiger charge is 2.17. The lowest BCUT2D eigenvalue weighted by atomic mass is 10.2. The minimum absolute atomic E-state index is 0.221.